The van der Waals surface area contributed by atoms with Crippen molar-refractivity contribution in [3.8, 4) is 0 Å². The third kappa shape index (κ3) is 13.1. The molecule has 0 spiro atoms. The highest BCUT2D eigenvalue weighted by Gasteiger charge is 2.39. The molecule has 3 N–H and O–H groups in total. The van der Waals surface area contributed by atoms with Gasteiger partial charge in [-0.15, -0.1) is 11.3 Å². The highest BCUT2D eigenvalue weighted by atomic mass is 32.1. The number of nitrogens with zero attached hydrogens (tertiary/aromatic N) is 4. The maximum atomic E-state index is 14.6. The molecule has 1 aliphatic heterocycles. The largest absolute Gasteiger partial charge is 0.481 e. The average Bonchev–Trinajstić information content (AvgIpc) is 3.63. The Morgan fingerprint density at radius 1 is 1.09 bits per heavy atom. The van der Waals surface area contributed by atoms with E-state index in [4.69, 9.17) is 9.47 Å². The summed E-state index contributed by atoms with van der Waals surface area (Å²) in [6.45, 7) is 12.1. The number of likely N-dealkylation sites (N-methyl/N-ethyl adjacent to an activating group) is 1. The number of aromatic nitrogens is 2. The molecule has 2 aromatic heterocycles. The highest BCUT2D eigenvalue weighted by molar-refractivity contribution is 7.09. The van der Waals surface area contributed by atoms with Gasteiger partial charge in [-0.1, -0.05) is 53.5 Å². The van der Waals surface area contributed by atoms with Gasteiger partial charge < -0.3 is 30.1 Å². The molecule has 0 bridgehead atoms. The molecule has 0 saturated carbocycles. The molecule has 1 aliphatic rings. The molecule has 3 rings (SSSR count). The number of pyridine rings is 1. The Bertz CT molecular complexity index is 1520. The fourth-order valence-corrected chi connectivity index (χ4v) is 7.66. The van der Waals surface area contributed by atoms with E-state index in [9.17, 15) is 29.1 Å². The smallest absolute Gasteiger partial charge is 0.306 e. The molecular formula is C39H60N6O8S. The minimum Gasteiger partial charge on any atom is -0.481 e. The first-order valence-corrected chi connectivity index (χ1v) is 19.9. The Labute approximate surface area is 323 Å². The molecule has 300 valence electrons. The summed E-state index contributed by atoms with van der Waals surface area (Å²) in [6.07, 6.45) is 4.83. The lowest BCUT2D eigenvalue weighted by molar-refractivity contribution is -0.150. The van der Waals surface area contributed by atoms with Crippen molar-refractivity contribution < 1.29 is 38.6 Å². The summed E-state index contributed by atoms with van der Waals surface area (Å²) in [6, 6.07) is 3.35. The van der Waals surface area contributed by atoms with E-state index < -0.39 is 48.0 Å². The number of hydrogen-bond acceptors (Lipinski definition) is 11. The molecule has 3 amide bonds. The predicted octanol–water partition coefficient (Wildman–Crippen LogP) is 4.50. The van der Waals surface area contributed by atoms with Crippen molar-refractivity contribution in [2.45, 2.75) is 117 Å². The van der Waals surface area contributed by atoms with Crippen LogP contribution in [0.25, 0.3) is 0 Å². The van der Waals surface area contributed by atoms with Crippen LogP contribution in [0, 0.1) is 17.8 Å². The van der Waals surface area contributed by atoms with Gasteiger partial charge >= 0.3 is 11.9 Å². The van der Waals surface area contributed by atoms with Gasteiger partial charge in [0, 0.05) is 62.8 Å². The number of ether oxygens (including phenoxy) is 2. The molecule has 1 fully saturated rings. The number of esters is 1. The monoisotopic (exact) mass is 772 g/mol. The van der Waals surface area contributed by atoms with Crippen molar-refractivity contribution in [3.63, 3.8) is 0 Å². The van der Waals surface area contributed by atoms with E-state index in [2.05, 4.69) is 20.6 Å². The number of carboxylic acid groups (broad SMARTS) is 1. The molecule has 14 nitrogen and oxygen atoms in total. The summed E-state index contributed by atoms with van der Waals surface area (Å²) >= 11 is 1.16. The van der Waals surface area contributed by atoms with Crippen molar-refractivity contribution in [3.05, 3.63) is 46.2 Å². The second-order valence-electron chi connectivity index (χ2n) is 14.8. The van der Waals surface area contributed by atoms with Crippen molar-refractivity contribution >= 4 is 41.0 Å². The Morgan fingerprint density at radius 3 is 2.43 bits per heavy atom. The molecule has 3 unspecified atom stereocenters. The van der Waals surface area contributed by atoms with E-state index in [0.29, 0.717) is 23.5 Å². The van der Waals surface area contributed by atoms with Crippen LogP contribution < -0.4 is 10.6 Å². The lowest BCUT2D eigenvalue weighted by Crippen LogP contribution is -2.59. The van der Waals surface area contributed by atoms with Crippen LogP contribution in [0.15, 0.2) is 29.8 Å². The lowest BCUT2D eigenvalue weighted by Gasteiger charge is -2.40. The molecule has 3 heterocycles. The SMILES string of the molecule is CCC(C)C(NC(=O)C1CCCCN1C)C(=O)N(CCOC)[C@H](C[C@@H](OC(C)=O)c1nc(C(=O)N[C@@H](Cc2ccccn2)C[C@H](C)C(=O)O)cs1)C(C)C. The fraction of sp³-hybridized carbons (Fsp3) is 0.667. The average molecular weight is 773 g/mol. The zero-order valence-corrected chi connectivity index (χ0v) is 33.9. The number of nitrogens with one attached hydrogen (secondary N) is 2. The summed E-state index contributed by atoms with van der Waals surface area (Å²) in [5, 5.41) is 17.6. The van der Waals surface area contributed by atoms with Gasteiger partial charge in [-0.25, -0.2) is 4.98 Å². The van der Waals surface area contributed by atoms with Gasteiger partial charge in [0.25, 0.3) is 5.91 Å². The minimum absolute atomic E-state index is 0.0989. The van der Waals surface area contributed by atoms with E-state index in [0.717, 1.165) is 37.1 Å². The van der Waals surface area contributed by atoms with Gasteiger partial charge in [-0.2, -0.15) is 0 Å². The number of aliphatic carboxylic acids is 1. The van der Waals surface area contributed by atoms with Crippen molar-refractivity contribution in [2.24, 2.45) is 17.8 Å². The summed E-state index contributed by atoms with van der Waals surface area (Å²) in [4.78, 5) is 78.6. The summed E-state index contributed by atoms with van der Waals surface area (Å²) in [7, 11) is 3.50. The van der Waals surface area contributed by atoms with E-state index in [1.165, 1.54) is 6.92 Å². The summed E-state index contributed by atoms with van der Waals surface area (Å²) in [5.74, 6) is -3.37. The first-order valence-electron chi connectivity index (χ1n) is 19.0. The van der Waals surface area contributed by atoms with Gasteiger partial charge in [0.15, 0.2) is 6.10 Å². The Morgan fingerprint density at radius 2 is 1.83 bits per heavy atom. The van der Waals surface area contributed by atoms with E-state index in [1.807, 2.05) is 51.8 Å². The van der Waals surface area contributed by atoms with Crippen molar-refractivity contribution in [1.82, 2.24) is 30.4 Å². The second-order valence-corrected chi connectivity index (χ2v) is 15.7. The van der Waals surface area contributed by atoms with Gasteiger partial charge in [0.1, 0.15) is 16.7 Å². The molecule has 2 aromatic rings. The number of rotatable bonds is 21. The molecule has 54 heavy (non-hydrogen) atoms. The van der Waals surface area contributed by atoms with Gasteiger partial charge in [0.05, 0.1) is 18.6 Å². The first kappa shape index (κ1) is 44.4. The van der Waals surface area contributed by atoms with Crippen LogP contribution in [0.5, 0.6) is 0 Å². The third-order valence-corrected chi connectivity index (χ3v) is 11.1. The molecule has 15 heteroatoms. The van der Waals surface area contributed by atoms with Gasteiger partial charge in [-0.3, -0.25) is 33.9 Å². The number of carboxylic acids is 1. The zero-order chi connectivity index (χ0) is 39.9. The van der Waals surface area contributed by atoms with E-state index in [-0.39, 0.29) is 61.4 Å². The molecule has 7 atom stereocenters. The lowest BCUT2D eigenvalue weighted by atomic mass is 9.92. The predicted molar refractivity (Wildman–Crippen MR) is 206 cm³/mol. The Hall–Kier alpha value is -3.95. The first-order chi connectivity index (χ1) is 25.7. The number of likely N-dealkylation sites (tertiary alicyclic amines) is 1. The van der Waals surface area contributed by atoms with Crippen molar-refractivity contribution in [2.75, 3.05) is 33.9 Å². The van der Waals surface area contributed by atoms with Gasteiger partial charge in [0.2, 0.25) is 11.8 Å². The van der Waals surface area contributed by atoms with Crippen LogP contribution in [0.3, 0.4) is 0 Å². The topological polar surface area (TPSA) is 180 Å². The van der Waals surface area contributed by atoms with E-state index >= 15 is 0 Å². The normalized spacial score (nSPS) is 18.1. The molecule has 0 aliphatic carbocycles. The maximum Gasteiger partial charge on any atom is 0.306 e. The van der Waals surface area contributed by atoms with Crippen molar-refractivity contribution in [1.29, 1.82) is 0 Å². The number of amides is 3. The number of thiazole rings is 1. The van der Waals surface area contributed by atoms with Gasteiger partial charge in [-0.05, 0) is 56.8 Å². The third-order valence-electron chi connectivity index (χ3n) is 10.2. The van der Waals surface area contributed by atoms with Crippen LogP contribution in [0.4, 0.5) is 0 Å². The number of piperidine rings is 1. The second kappa shape index (κ2) is 21.8. The fourth-order valence-electron chi connectivity index (χ4n) is 6.82. The van der Waals surface area contributed by atoms with Crippen LogP contribution in [-0.2, 0) is 35.1 Å². The standard InChI is InChI=1S/C39H60N6O8S/c1-9-25(4)34(43-36(48)31-15-11-13-17-44(31)7)38(49)45(18-19-52-8)32(24(2)3)22-33(53-27(6)46)37-42-30(23-54-37)35(47)41-29(20-26(5)39(50)51)21-28-14-10-12-16-40-28/h10,12,14,16,23-26,29,31-34H,9,11,13,15,17-22H2,1-8H3,(H,41,47)(H,43,48)(H,50,51)/t25?,26-,29+,31?,32+,33+,34?/m0/s1. The number of methoxy groups -OCH3 is 1. The number of carbonyl (C=O) groups is 5. The molecular weight excluding hydrogens is 713 g/mol. The molecule has 0 aromatic carbocycles. The zero-order valence-electron chi connectivity index (χ0n) is 33.1. The Balaban J connectivity index is 1.89. The maximum absolute atomic E-state index is 14.6. The summed E-state index contributed by atoms with van der Waals surface area (Å²) < 4.78 is 11.3. The van der Waals surface area contributed by atoms with Crippen LogP contribution >= 0.6 is 11.3 Å². The quantitative estimate of drug-likeness (QED) is 0.152. The molecule has 1 saturated heterocycles. The number of carbonyl (C=O) groups excluding carboxylic acids is 4. The molecule has 0 radical (unpaired) electrons. The van der Waals surface area contributed by atoms with Crippen LogP contribution in [-0.4, -0.2) is 113 Å². The minimum atomic E-state index is -0.970. The Kier molecular flexibility index (Phi) is 18.0. The highest BCUT2D eigenvalue weighted by Crippen LogP contribution is 2.32. The number of hydrogen-bond donors (Lipinski definition) is 3. The van der Waals surface area contributed by atoms with Crippen LogP contribution in [0.1, 0.15) is 107 Å². The van der Waals surface area contributed by atoms with E-state index in [1.54, 1.807) is 36.6 Å². The van der Waals surface area contributed by atoms with Crippen LogP contribution in [0.2, 0.25) is 0 Å². The summed E-state index contributed by atoms with van der Waals surface area (Å²) in [5.41, 5.74) is 0.805.